The van der Waals surface area contributed by atoms with Gasteiger partial charge in [0.1, 0.15) is 15.6 Å². The van der Waals surface area contributed by atoms with Crippen molar-refractivity contribution in [2.45, 2.75) is 23.5 Å². The molecule has 31 heavy (non-hydrogen) atoms. The maximum atomic E-state index is 12.4. The molecule has 0 bridgehead atoms. The van der Waals surface area contributed by atoms with Crippen LogP contribution in [0.5, 0.6) is 0 Å². The number of aromatic carboxylic acids is 1. The van der Waals surface area contributed by atoms with Gasteiger partial charge in [-0.15, -0.1) is 11.3 Å². The normalized spacial score (nSPS) is 15.0. The van der Waals surface area contributed by atoms with Crippen LogP contribution in [0.2, 0.25) is 0 Å². The lowest BCUT2D eigenvalue weighted by Gasteiger charge is -2.33. The van der Waals surface area contributed by atoms with E-state index in [0.29, 0.717) is 24.8 Å². The predicted molar refractivity (Wildman–Crippen MR) is 121 cm³/mol. The highest BCUT2D eigenvalue weighted by atomic mass is 32.2. The molecule has 0 atom stereocenters. The van der Waals surface area contributed by atoms with E-state index in [0.717, 1.165) is 30.6 Å². The first kappa shape index (κ1) is 21.3. The van der Waals surface area contributed by atoms with E-state index in [2.05, 4.69) is 21.8 Å². The minimum Gasteiger partial charge on any atom is -0.478 e. The van der Waals surface area contributed by atoms with Crippen molar-refractivity contribution < 1.29 is 18.3 Å². The fourth-order valence-electron chi connectivity index (χ4n) is 3.84. The summed E-state index contributed by atoms with van der Waals surface area (Å²) in [6.45, 7) is 1.43. The third-order valence-electron chi connectivity index (χ3n) is 5.39. The van der Waals surface area contributed by atoms with Crippen molar-refractivity contribution in [2.24, 2.45) is 5.92 Å². The van der Waals surface area contributed by atoms with Crippen LogP contribution >= 0.6 is 11.3 Å². The lowest BCUT2D eigenvalue weighted by atomic mass is 9.90. The van der Waals surface area contributed by atoms with E-state index in [1.54, 1.807) is 11.4 Å². The van der Waals surface area contributed by atoms with Gasteiger partial charge in [0.2, 0.25) is 0 Å². The number of carboxylic acids is 1. The Hall–Kier alpha value is -2.91. The summed E-state index contributed by atoms with van der Waals surface area (Å²) in [7, 11) is -3.77. The molecule has 0 saturated carbocycles. The molecule has 162 valence electrons. The molecule has 0 amide bonds. The van der Waals surface area contributed by atoms with Crippen molar-refractivity contribution >= 4 is 38.8 Å². The molecule has 0 radical (unpaired) electrons. The van der Waals surface area contributed by atoms with Crippen LogP contribution in [0, 0.1) is 5.92 Å². The van der Waals surface area contributed by atoms with Crippen LogP contribution in [-0.2, 0) is 16.4 Å². The molecule has 2 N–H and O–H groups in total. The van der Waals surface area contributed by atoms with Crippen molar-refractivity contribution in [1.29, 1.82) is 0 Å². The molecular formula is C22H23N3O4S2. The standard InChI is InChI=1S/C22H23N3O4S2/c26-22(27)19-14-18(24-31(28,29)20-7-4-12-30-20)15-23-21(19)25-10-8-17(9-11-25)13-16-5-2-1-3-6-16/h1-7,12,14-15,17,24H,8-11,13H2,(H,26,27). The van der Waals surface area contributed by atoms with Crippen LogP contribution in [0.25, 0.3) is 0 Å². The van der Waals surface area contributed by atoms with Crippen LogP contribution in [0.3, 0.4) is 0 Å². The Morgan fingerprint density at radius 2 is 1.90 bits per heavy atom. The third-order valence-corrected chi connectivity index (χ3v) is 8.17. The number of hydrogen-bond acceptors (Lipinski definition) is 6. The molecule has 9 heteroatoms. The largest absolute Gasteiger partial charge is 0.478 e. The van der Waals surface area contributed by atoms with E-state index in [-0.39, 0.29) is 15.5 Å². The average molecular weight is 458 g/mol. The fraction of sp³-hybridized carbons (Fsp3) is 0.273. The minimum absolute atomic E-state index is 0.00658. The van der Waals surface area contributed by atoms with Gasteiger partial charge in [0.15, 0.2) is 0 Å². The number of rotatable bonds is 7. The Morgan fingerprint density at radius 3 is 2.55 bits per heavy atom. The molecule has 3 aromatic rings. The Balaban J connectivity index is 1.47. The molecule has 4 rings (SSSR count). The number of aromatic nitrogens is 1. The molecule has 0 unspecified atom stereocenters. The molecule has 1 aromatic carbocycles. The van der Waals surface area contributed by atoms with Gasteiger partial charge in [-0.25, -0.2) is 18.2 Å². The van der Waals surface area contributed by atoms with E-state index in [4.69, 9.17) is 0 Å². The third kappa shape index (κ3) is 5.05. The summed E-state index contributed by atoms with van der Waals surface area (Å²) in [6.07, 6.45) is 4.28. The highest BCUT2D eigenvalue weighted by Gasteiger charge is 2.25. The summed E-state index contributed by atoms with van der Waals surface area (Å²) in [5.41, 5.74) is 1.44. The number of nitrogens with one attached hydrogen (secondary N) is 1. The molecule has 1 aliphatic rings. The first-order chi connectivity index (χ1) is 14.9. The smallest absolute Gasteiger partial charge is 0.339 e. The van der Waals surface area contributed by atoms with E-state index in [1.807, 2.05) is 23.1 Å². The zero-order valence-corrected chi connectivity index (χ0v) is 18.4. The first-order valence-electron chi connectivity index (χ1n) is 10.0. The number of carboxylic acid groups (broad SMARTS) is 1. The number of piperidine rings is 1. The Morgan fingerprint density at radius 1 is 1.16 bits per heavy atom. The second kappa shape index (κ2) is 9.07. The highest BCUT2D eigenvalue weighted by Crippen LogP contribution is 2.29. The van der Waals surface area contributed by atoms with Crippen molar-refractivity contribution in [3.05, 3.63) is 71.2 Å². The quantitative estimate of drug-likeness (QED) is 0.554. The Labute approximate surface area is 185 Å². The zero-order valence-electron chi connectivity index (χ0n) is 16.8. The Kier molecular flexibility index (Phi) is 6.24. The van der Waals surface area contributed by atoms with Crippen LogP contribution in [0.1, 0.15) is 28.8 Å². The van der Waals surface area contributed by atoms with Crippen LogP contribution in [0.15, 0.2) is 64.3 Å². The number of pyridine rings is 1. The van der Waals surface area contributed by atoms with Crippen molar-refractivity contribution in [3.8, 4) is 0 Å². The molecule has 1 fully saturated rings. The van der Waals surface area contributed by atoms with Gasteiger partial charge in [0, 0.05) is 13.1 Å². The summed E-state index contributed by atoms with van der Waals surface area (Å²) in [4.78, 5) is 18.2. The monoisotopic (exact) mass is 457 g/mol. The van der Waals surface area contributed by atoms with E-state index in [1.165, 1.54) is 23.9 Å². The van der Waals surface area contributed by atoms with Gasteiger partial charge in [-0.05, 0) is 48.3 Å². The molecule has 7 nitrogen and oxygen atoms in total. The van der Waals surface area contributed by atoms with Gasteiger partial charge < -0.3 is 10.0 Å². The zero-order chi connectivity index (χ0) is 21.8. The van der Waals surface area contributed by atoms with Gasteiger partial charge >= 0.3 is 5.97 Å². The van der Waals surface area contributed by atoms with Gasteiger partial charge in [0.25, 0.3) is 10.0 Å². The molecular weight excluding hydrogens is 434 g/mol. The number of anilines is 2. The van der Waals surface area contributed by atoms with Crippen molar-refractivity contribution in [1.82, 2.24) is 4.98 Å². The number of nitrogens with zero attached hydrogens (tertiary/aromatic N) is 2. The number of benzene rings is 1. The lowest BCUT2D eigenvalue weighted by molar-refractivity contribution is 0.0697. The molecule has 2 aromatic heterocycles. The van der Waals surface area contributed by atoms with Gasteiger partial charge in [-0.2, -0.15) is 0 Å². The van der Waals surface area contributed by atoms with Crippen LogP contribution in [0.4, 0.5) is 11.5 Å². The summed E-state index contributed by atoms with van der Waals surface area (Å²) < 4.78 is 27.4. The molecule has 1 aliphatic heterocycles. The highest BCUT2D eigenvalue weighted by molar-refractivity contribution is 7.94. The van der Waals surface area contributed by atoms with Gasteiger partial charge in [-0.3, -0.25) is 4.72 Å². The topological polar surface area (TPSA) is 99.6 Å². The lowest BCUT2D eigenvalue weighted by Crippen LogP contribution is -2.36. The molecule has 1 saturated heterocycles. The molecule has 0 aliphatic carbocycles. The average Bonchev–Trinajstić information content (AvgIpc) is 3.31. The predicted octanol–water partition coefficient (Wildman–Crippen LogP) is 4.10. The van der Waals surface area contributed by atoms with E-state index >= 15 is 0 Å². The second-order valence-corrected chi connectivity index (χ2v) is 10.4. The van der Waals surface area contributed by atoms with Crippen LogP contribution in [-0.4, -0.2) is 37.6 Å². The second-order valence-electron chi connectivity index (χ2n) is 7.56. The molecule has 0 spiro atoms. The van der Waals surface area contributed by atoms with Gasteiger partial charge in [-0.1, -0.05) is 36.4 Å². The fourth-order valence-corrected chi connectivity index (χ4v) is 5.87. The van der Waals surface area contributed by atoms with Gasteiger partial charge in [0.05, 0.1) is 11.9 Å². The number of carbonyl (C=O) groups is 1. The van der Waals surface area contributed by atoms with E-state index < -0.39 is 16.0 Å². The minimum atomic E-state index is -3.77. The number of hydrogen-bond donors (Lipinski definition) is 2. The molecule has 3 heterocycles. The SMILES string of the molecule is O=C(O)c1cc(NS(=O)(=O)c2cccs2)cnc1N1CCC(Cc2ccccc2)CC1. The Bertz CT molecular complexity index is 1140. The first-order valence-corrected chi connectivity index (χ1v) is 12.4. The summed E-state index contributed by atoms with van der Waals surface area (Å²) in [6, 6.07) is 14.8. The number of sulfonamides is 1. The summed E-state index contributed by atoms with van der Waals surface area (Å²) in [5, 5.41) is 11.4. The summed E-state index contributed by atoms with van der Waals surface area (Å²) in [5.74, 6) is -0.209. The van der Waals surface area contributed by atoms with Crippen molar-refractivity contribution in [3.63, 3.8) is 0 Å². The maximum Gasteiger partial charge on any atom is 0.339 e. The maximum absolute atomic E-state index is 12.4. The van der Waals surface area contributed by atoms with Crippen molar-refractivity contribution in [2.75, 3.05) is 22.7 Å². The summed E-state index contributed by atoms with van der Waals surface area (Å²) >= 11 is 1.09. The van der Waals surface area contributed by atoms with E-state index in [9.17, 15) is 18.3 Å². The van der Waals surface area contributed by atoms with Crippen LogP contribution < -0.4 is 9.62 Å². The number of thiophene rings is 1.